The monoisotopic (exact) mass is 615 g/mol. The van der Waals surface area contributed by atoms with Crippen molar-refractivity contribution in [2.24, 2.45) is 17.8 Å². The summed E-state index contributed by atoms with van der Waals surface area (Å²) in [5.41, 5.74) is 0. The number of allylic oxidation sites excluding steroid dienone is 4. The molecule has 0 bridgehead atoms. The fraction of sp³-hybridized carbons (Fsp3) is 0.571. The molecule has 0 amide bonds. The molecule has 2 fully saturated rings. The van der Waals surface area contributed by atoms with E-state index in [0.717, 1.165) is 17.8 Å². The van der Waals surface area contributed by atoms with E-state index >= 15 is 0 Å². The Kier molecular flexibility index (Phi) is 40.5. The average molecular weight is 615 g/mol. The van der Waals surface area contributed by atoms with Crippen LogP contribution in [-0.2, 0) is 57.4 Å². The van der Waals surface area contributed by atoms with Crippen LogP contribution >= 0.6 is 7.81 Å². The van der Waals surface area contributed by atoms with Crippen LogP contribution in [0.4, 0.5) is 25.2 Å². The van der Waals surface area contributed by atoms with Crippen LogP contribution in [0.1, 0.15) is 58.3 Å². The van der Waals surface area contributed by atoms with Gasteiger partial charge < -0.3 is 0 Å². The van der Waals surface area contributed by atoms with Crippen molar-refractivity contribution < 1.29 is 82.6 Å². The first-order chi connectivity index (χ1) is 15.3. The van der Waals surface area contributed by atoms with Crippen LogP contribution in [0.15, 0.2) is 24.3 Å². The van der Waals surface area contributed by atoms with E-state index < -0.39 is 7.81 Å². The molecule has 0 aromatic carbocycles. The Morgan fingerprint density at radius 1 is 0.629 bits per heavy atom. The summed E-state index contributed by atoms with van der Waals surface area (Å²) in [6.07, 6.45) is 20.8. The van der Waals surface area contributed by atoms with Crippen molar-refractivity contribution in [1.29, 1.82) is 0 Å². The van der Waals surface area contributed by atoms with Crippen LogP contribution < -0.4 is 0 Å². The molecule has 3 aliphatic rings. The Morgan fingerprint density at radius 3 is 1.26 bits per heavy atom. The Bertz CT molecular complexity index is 586. The minimum Gasteiger partial charge on any atom is 0 e. The van der Waals surface area contributed by atoms with E-state index in [9.17, 15) is 25.2 Å². The van der Waals surface area contributed by atoms with Crippen molar-refractivity contribution in [3.63, 3.8) is 0 Å². The molecule has 0 spiro atoms. The SMILES string of the molecule is C1CCCC1.CC1CCC2CC=CC=CC12.F[P-](F)(F)(F)(F)F.[C-]#[O+].[C-]#[O+].[C-]#[O+].[C-]#[O+].[C-]#[O+].[Fe].[Fe]. The van der Waals surface area contributed by atoms with Gasteiger partial charge in [0.25, 0.3) is 0 Å². The Morgan fingerprint density at radius 2 is 0.943 bits per heavy atom. The molecule has 204 valence electrons. The number of rotatable bonds is 0. The van der Waals surface area contributed by atoms with E-state index in [-0.39, 0.29) is 34.1 Å². The van der Waals surface area contributed by atoms with E-state index in [4.69, 9.17) is 23.3 Å². The number of hydrogen-bond donors (Lipinski definition) is 0. The second-order valence-corrected chi connectivity index (χ2v) is 8.58. The van der Waals surface area contributed by atoms with Gasteiger partial charge in [0.15, 0.2) is 0 Å². The second kappa shape index (κ2) is 27.8. The van der Waals surface area contributed by atoms with E-state index in [0.29, 0.717) is 0 Å². The predicted octanol–water partition coefficient (Wildman–Crippen LogP) is 8.31. The van der Waals surface area contributed by atoms with Gasteiger partial charge in [-0.25, -0.2) is 0 Å². The Labute approximate surface area is 223 Å². The van der Waals surface area contributed by atoms with E-state index in [1.807, 2.05) is 0 Å². The third-order valence-electron chi connectivity index (χ3n) is 4.46. The molecule has 3 unspecified atom stereocenters. The predicted molar refractivity (Wildman–Crippen MR) is 105 cm³/mol. The van der Waals surface area contributed by atoms with Gasteiger partial charge in [-0.2, -0.15) is 0 Å². The quantitative estimate of drug-likeness (QED) is 0.0862. The topological polar surface area (TPSA) is 99.5 Å². The maximum atomic E-state index is 9.87. The summed E-state index contributed by atoms with van der Waals surface area (Å²) in [5.74, 6) is 2.76. The Hall–Kier alpha value is -0.771. The normalized spacial score (nSPS) is 21.6. The summed E-state index contributed by atoms with van der Waals surface area (Å²) in [6, 6.07) is 0. The first-order valence-corrected chi connectivity index (χ1v) is 11.3. The summed E-state index contributed by atoms with van der Waals surface area (Å²) < 4.78 is 96.7. The molecule has 0 aliphatic heterocycles. The maximum Gasteiger partial charge on any atom is 0 e. The molecule has 0 heterocycles. The molecule has 3 aliphatic carbocycles. The van der Waals surface area contributed by atoms with Crippen molar-refractivity contribution in [3.05, 3.63) is 57.6 Å². The molecule has 0 radical (unpaired) electrons. The first-order valence-electron chi connectivity index (χ1n) is 9.25. The maximum absolute atomic E-state index is 10.7. The minimum atomic E-state index is -10.7. The van der Waals surface area contributed by atoms with Crippen LogP contribution in [0.3, 0.4) is 0 Å². The van der Waals surface area contributed by atoms with Gasteiger partial charge in [-0.3, -0.25) is 0 Å². The molecule has 0 N–H and O–H groups in total. The van der Waals surface area contributed by atoms with E-state index in [1.165, 1.54) is 51.4 Å². The van der Waals surface area contributed by atoms with Gasteiger partial charge in [0.05, 0.1) is 0 Å². The third kappa shape index (κ3) is 50.9. The van der Waals surface area contributed by atoms with Crippen LogP contribution in [-0.4, -0.2) is 0 Å². The first kappa shape index (κ1) is 51.0. The van der Waals surface area contributed by atoms with Crippen LogP contribution in [0.5, 0.6) is 0 Å². The van der Waals surface area contributed by atoms with Crippen LogP contribution in [0, 0.1) is 51.0 Å². The van der Waals surface area contributed by atoms with Crippen LogP contribution in [0.25, 0.3) is 0 Å². The van der Waals surface area contributed by atoms with Gasteiger partial charge in [0.1, 0.15) is 0 Å². The summed E-state index contributed by atoms with van der Waals surface area (Å²) >= 11 is 0. The fourth-order valence-electron chi connectivity index (χ4n) is 3.36. The van der Waals surface area contributed by atoms with Gasteiger partial charge in [-0.15, -0.1) is 0 Å². The van der Waals surface area contributed by atoms with E-state index in [1.54, 1.807) is 0 Å². The molecule has 0 aromatic rings. The standard InChI is InChI=1S/C11H16.C5H10.5CO.F6P.2Fe/c1-9-7-8-10-5-3-2-4-6-11(9)10;1-2-4-5-3-1;5*1-2;1-7(2,3,4,5)6;;/h2-4,6,9-11H,5,7-8H2,1H3;1-5H2;;;;;;;;/q;;;;;;;-1;;. The summed E-state index contributed by atoms with van der Waals surface area (Å²) in [4.78, 5) is 0. The average Bonchev–Trinajstić information content (AvgIpc) is 3.42. The molecule has 3 atom stereocenters. The minimum absolute atomic E-state index is 0. The van der Waals surface area contributed by atoms with Gasteiger partial charge in [-0.05, 0) is 37.0 Å². The van der Waals surface area contributed by atoms with Crippen molar-refractivity contribution >= 4 is 7.81 Å². The molecular weight excluding hydrogens is 589 g/mol. The molecule has 35 heavy (non-hydrogen) atoms. The zero-order valence-corrected chi connectivity index (χ0v) is 21.8. The second-order valence-electron chi connectivity index (χ2n) is 6.67. The van der Waals surface area contributed by atoms with Crippen molar-refractivity contribution in [1.82, 2.24) is 0 Å². The van der Waals surface area contributed by atoms with Gasteiger partial charge in [0, 0.05) is 34.1 Å². The number of halogens is 6. The molecule has 0 aromatic heterocycles. The van der Waals surface area contributed by atoms with Crippen LogP contribution in [0.2, 0.25) is 0 Å². The summed E-state index contributed by atoms with van der Waals surface area (Å²) in [6.45, 7) is 24.9. The zero-order valence-electron chi connectivity index (χ0n) is 18.7. The molecule has 14 heteroatoms. The van der Waals surface area contributed by atoms with Gasteiger partial charge in [-0.1, -0.05) is 63.3 Å². The molecule has 3 rings (SSSR count). The third-order valence-corrected chi connectivity index (χ3v) is 4.46. The van der Waals surface area contributed by atoms with Gasteiger partial charge >= 0.3 is 89.5 Å². The Balaban J connectivity index is -0.0000000578. The van der Waals surface area contributed by atoms with E-state index in [2.05, 4.69) is 64.5 Å². The number of fused-ring (bicyclic) bond motifs is 1. The molecule has 2 saturated carbocycles. The van der Waals surface area contributed by atoms with Crippen molar-refractivity contribution in [2.75, 3.05) is 0 Å². The number of hydrogen-bond acceptors (Lipinski definition) is 0. The van der Waals surface area contributed by atoms with Crippen molar-refractivity contribution in [3.8, 4) is 0 Å². The molecule has 0 saturated heterocycles. The molecular formula is C21H26F6Fe2O5P-. The zero-order chi connectivity index (χ0) is 27.6. The summed E-state index contributed by atoms with van der Waals surface area (Å²) in [7, 11) is -10.7. The fourth-order valence-corrected chi connectivity index (χ4v) is 3.36. The molecule has 5 nitrogen and oxygen atoms in total. The van der Waals surface area contributed by atoms with Gasteiger partial charge in [0.2, 0.25) is 0 Å². The largest absolute Gasteiger partial charge is 0 e. The summed E-state index contributed by atoms with van der Waals surface area (Å²) in [5, 5.41) is 0. The smallest absolute Gasteiger partial charge is 0 e. The van der Waals surface area contributed by atoms with Crippen molar-refractivity contribution in [2.45, 2.75) is 58.3 Å².